The van der Waals surface area contributed by atoms with E-state index in [-0.39, 0.29) is 5.78 Å². The van der Waals surface area contributed by atoms with Gasteiger partial charge < -0.3 is 4.57 Å². The van der Waals surface area contributed by atoms with Gasteiger partial charge in [-0.3, -0.25) is 4.79 Å². The van der Waals surface area contributed by atoms with Crippen molar-refractivity contribution in [2.45, 2.75) is 19.8 Å². The monoisotopic (exact) mass is 262 g/mol. The molecule has 0 aliphatic rings. The molecule has 1 aromatic carbocycles. The third kappa shape index (κ3) is 2.79. The average Bonchev–Trinajstić information content (AvgIpc) is 2.75. The van der Waals surface area contributed by atoms with Crippen LogP contribution in [0.5, 0.6) is 0 Å². The maximum absolute atomic E-state index is 12.1. The Kier molecular flexibility index (Phi) is 3.82. The Bertz CT molecular complexity index is 575. The van der Waals surface area contributed by atoms with E-state index in [0.717, 1.165) is 11.4 Å². The zero-order valence-electron chi connectivity index (χ0n) is 10.5. The fourth-order valence-corrected chi connectivity index (χ4v) is 2.06. The molecule has 0 spiro atoms. The summed E-state index contributed by atoms with van der Waals surface area (Å²) in [6.07, 6.45) is 4.72. The van der Waals surface area contributed by atoms with Crippen LogP contribution in [0.3, 0.4) is 0 Å². The minimum absolute atomic E-state index is 0.109. The first-order valence-corrected chi connectivity index (χ1v) is 6.21. The van der Waals surface area contributed by atoms with Crippen LogP contribution in [0.25, 0.3) is 0 Å². The van der Waals surface area contributed by atoms with Gasteiger partial charge in [-0.05, 0) is 24.6 Å². The van der Waals surface area contributed by atoms with Crippen molar-refractivity contribution >= 4 is 17.4 Å². The maximum atomic E-state index is 12.1. The molecule has 0 atom stereocenters. The normalized spacial score (nSPS) is 10.6. The van der Waals surface area contributed by atoms with Crippen LogP contribution in [-0.4, -0.2) is 15.3 Å². The summed E-state index contributed by atoms with van der Waals surface area (Å²) in [4.78, 5) is 16.3. The number of aromatic nitrogens is 2. The summed E-state index contributed by atoms with van der Waals surface area (Å²) < 4.78 is 1.93. The van der Waals surface area contributed by atoms with Gasteiger partial charge in [0.05, 0.1) is 0 Å². The Hall–Kier alpha value is -1.61. The van der Waals surface area contributed by atoms with E-state index in [2.05, 4.69) is 4.98 Å². The number of carbonyl (C=O) groups excluding carboxylic acids is 1. The van der Waals surface area contributed by atoms with Gasteiger partial charge in [-0.1, -0.05) is 17.7 Å². The first-order chi connectivity index (χ1) is 8.58. The molecule has 0 amide bonds. The van der Waals surface area contributed by atoms with Crippen molar-refractivity contribution < 1.29 is 4.79 Å². The highest BCUT2D eigenvalue weighted by molar-refractivity contribution is 6.31. The SMILES string of the molecule is Cc1ccc(Cl)cc1C(=O)CCc1nccn1C. The Morgan fingerprint density at radius 2 is 2.22 bits per heavy atom. The molecule has 0 unspecified atom stereocenters. The topological polar surface area (TPSA) is 34.9 Å². The summed E-state index contributed by atoms with van der Waals surface area (Å²) in [6.45, 7) is 1.92. The molecule has 0 saturated heterocycles. The summed E-state index contributed by atoms with van der Waals surface area (Å²) in [5.74, 6) is 1.03. The van der Waals surface area contributed by atoms with E-state index in [4.69, 9.17) is 11.6 Å². The number of benzene rings is 1. The Balaban J connectivity index is 2.08. The van der Waals surface area contributed by atoms with Crippen LogP contribution < -0.4 is 0 Å². The Morgan fingerprint density at radius 3 is 2.89 bits per heavy atom. The number of hydrogen-bond acceptors (Lipinski definition) is 2. The lowest BCUT2D eigenvalue weighted by Gasteiger charge is -2.05. The molecular formula is C14H15ClN2O. The molecule has 0 aliphatic carbocycles. The third-order valence-corrected chi connectivity index (χ3v) is 3.23. The van der Waals surface area contributed by atoms with Crippen molar-refractivity contribution in [2.24, 2.45) is 7.05 Å². The molecular weight excluding hydrogens is 248 g/mol. The van der Waals surface area contributed by atoms with Crippen LogP contribution >= 0.6 is 11.6 Å². The lowest BCUT2D eigenvalue weighted by atomic mass is 10.0. The number of nitrogens with zero attached hydrogens (tertiary/aromatic N) is 2. The van der Waals surface area contributed by atoms with Crippen molar-refractivity contribution in [3.8, 4) is 0 Å². The molecule has 3 nitrogen and oxygen atoms in total. The molecule has 0 fully saturated rings. The van der Waals surface area contributed by atoms with Gasteiger partial charge in [-0.2, -0.15) is 0 Å². The zero-order chi connectivity index (χ0) is 13.1. The van der Waals surface area contributed by atoms with Gasteiger partial charge in [-0.25, -0.2) is 4.98 Å². The van der Waals surface area contributed by atoms with E-state index >= 15 is 0 Å². The summed E-state index contributed by atoms with van der Waals surface area (Å²) in [5.41, 5.74) is 1.67. The first kappa shape index (κ1) is 12.8. The van der Waals surface area contributed by atoms with Crippen molar-refractivity contribution in [1.29, 1.82) is 0 Å². The summed E-state index contributed by atoms with van der Waals surface area (Å²) in [7, 11) is 1.93. The predicted molar refractivity (Wildman–Crippen MR) is 72.0 cm³/mol. The van der Waals surface area contributed by atoms with Crippen LogP contribution in [-0.2, 0) is 13.5 Å². The second-order valence-electron chi connectivity index (χ2n) is 4.34. The molecule has 1 aromatic heterocycles. The highest BCUT2D eigenvalue weighted by atomic mass is 35.5. The fourth-order valence-electron chi connectivity index (χ4n) is 1.89. The van der Waals surface area contributed by atoms with E-state index in [1.165, 1.54) is 0 Å². The summed E-state index contributed by atoms with van der Waals surface area (Å²) in [5, 5.41) is 0.598. The predicted octanol–water partition coefficient (Wildman–Crippen LogP) is 3.20. The van der Waals surface area contributed by atoms with Crippen LogP contribution in [0.2, 0.25) is 5.02 Å². The van der Waals surface area contributed by atoms with Gasteiger partial charge in [0.1, 0.15) is 5.82 Å². The number of ketones is 1. The second kappa shape index (κ2) is 5.36. The molecule has 2 rings (SSSR count). The van der Waals surface area contributed by atoms with E-state index < -0.39 is 0 Å². The van der Waals surface area contributed by atoms with Gasteiger partial charge in [-0.15, -0.1) is 0 Å². The first-order valence-electron chi connectivity index (χ1n) is 5.83. The molecule has 18 heavy (non-hydrogen) atoms. The molecule has 1 heterocycles. The van der Waals surface area contributed by atoms with E-state index in [1.807, 2.05) is 30.8 Å². The number of aryl methyl sites for hydroxylation is 3. The number of rotatable bonds is 4. The van der Waals surface area contributed by atoms with E-state index in [1.54, 1.807) is 18.3 Å². The van der Waals surface area contributed by atoms with Gasteiger partial charge in [0.15, 0.2) is 5.78 Å². The van der Waals surface area contributed by atoms with Gasteiger partial charge in [0.2, 0.25) is 0 Å². The number of Topliss-reactive ketones (excluding diaryl/α,β-unsaturated/α-hetero) is 1. The smallest absolute Gasteiger partial charge is 0.163 e. The molecule has 0 saturated carbocycles. The fraction of sp³-hybridized carbons (Fsp3) is 0.286. The number of halogens is 1. The van der Waals surface area contributed by atoms with Crippen molar-refractivity contribution in [3.05, 3.63) is 52.6 Å². The van der Waals surface area contributed by atoms with Gasteiger partial charge in [0.25, 0.3) is 0 Å². The molecule has 2 aromatic rings. The third-order valence-electron chi connectivity index (χ3n) is 3.00. The lowest BCUT2D eigenvalue weighted by Crippen LogP contribution is -2.06. The molecule has 0 N–H and O–H groups in total. The van der Waals surface area contributed by atoms with Crippen LogP contribution in [0.1, 0.15) is 28.2 Å². The second-order valence-corrected chi connectivity index (χ2v) is 4.77. The number of imidazole rings is 1. The number of hydrogen-bond donors (Lipinski definition) is 0. The maximum Gasteiger partial charge on any atom is 0.163 e. The highest BCUT2D eigenvalue weighted by Crippen LogP contribution is 2.17. The molecule has 0 bridgehead atoms. The summed E-state index contributed by atoms with van der Waals surface area (Å²) in [6, 6.07) is 5.40. The van der Waals surface area contributed by atoms with Crippen LogP contribution in [0.15, 0.2) is 30.6 Å². The van der Waals surface area contributed by atoms with E-state index in [9.17, 15) is 4.79 Å². The van der Waals surface area contributed by atoms with Crippen LogP contribution in [0.4, 0.5) is 0 Å². The average molecular weight is 263 g/mol. The number of carbonyl (C=O) groups is 1. The minimum atomic E-state index is 0.109. The lowest BCUT2D eigenvalue weighted by molar-refractivity contribution is 0.0981. The van der Waals surface area contributed by atoms with E-state index in [0.29, 0.717) is 23.4 Å². The van der Waals surface area contributed by atoms with Gasteiger partial charge in [0, 0.05) is 42.9 Å². The summed E-state index contributed by atoms with van der Waals surface area (Å²) >= 11 is 5.92. The van der Waals surface area contributed by atoms with Crippen molar-refractivity contribution in [1.82, 2.24) is 9.55 Å². The minimum Gasteiger partial charge on any atom is -0.338 e. The zero-order valence-corrected chi connectivity index (χ0v) is 11.2. The van der Waals surface area contributed by atoms with Gasteiger partial charge >= 0.3 is 0 Å². The molecule has 0 aliphatic heterocycles. The highest BCUT2D eigenvalue weighted by Gasteiger charge is 2.11. The molecule has 4 heteroatoms. The van der Waals surface area contributed by atoms with Crippen molar-refractivity contribution in [3.63, 3.8) is 0 Å². The largest absolute Gasteiger partial charge is 0.338 e. The standard InChI is InChI=1S/C14H15ClN2O/c1-10-3-4-11(15)9-12(10)13(18)5-6-14-16-7-8-17(14)2/h3-4,7-9H,5-6H2,1-2H3. The Labute approximate surface area is 111 Å². The Morgan fingerprint density at radius 1 is 1.44 bits per heavy atom. The molecule has 94 valence electrons. The quantitative estimate of drug-likeness (QED) is 0.793. The van der Waals surface area contributed by atoms with Crippen LogP contribution in [0, 0.1) is 6.92 Å². The molecule has 0 radical (unpaired) electrons. The van der Waals surface area contributed by atoms with Crippen molar-refractivity contribution in [2.75, 3.05) is 0 Å².